The minimum Gasteiger partial charge on any atom is -0.510 e. The molecular weight excluding hydrogens is 184 g/mol. The first kappa shape index (κ1) is 13.0. The van der Waals surface area contributed by atoms with Crippen molar-refractivity contribution in [3.05, 3.63) is 23.7 Å². The molecule has 0 radical (unpaired) electrons. The van der Waals surface area contributed by atoms with Crippen LogP contribution in [0.4, 0.5) is 0 Å². The highest BCUT2D eigenvalue weighted by Gasteiger charge is 2.09. The summed E-state index contributed by atoms with van der Waals surface area (Å²) in [6.45, 7) is 3.61. The molecule has 0 saturated heterocycles. The van der Waals surface area contributed by atoms with Gasteiger partial charge in [0.1, 0.15) is 18.1 Å². The summed E-state index contributed by atoms with van der Waals surface area (Å²) < 4.78 is 4.79. The molecule has 0 aliphatic carbocycles. The fourth-order valence-electron chi connectivity index (χ4n) is 0.854. The van der Waals surface area contributed by atoms with E-state index in [1.165, 1.54) is 6.08 Å². The van der Waals surface area contributed by atoms with Gasteiger partial charge in [0.15, 0.2) is 0 Å². The van der Waals surface area contributed by atoms with E-state index in [1.54, 1.807) is 6.08 Å². The Hall–Kier alpha value is -1.00. The zero-order chi connectivity index (χ0) is 11.0. The summed E-state index contributed by atoms with van der Waals surface area (Å²) in [4.78, 5) is 0. The zero-order valence-corrected chi connectivity index (χ0v) is 8.60. The molecule has 0 spiro atoms. The molecule has 1 unspecified atom stereocenters. The van der Waals surface area contributed by atoms with Crippen molar-refractivity contribution in [1.82, 2.24) is 0 Å². The second-order valence-corrected chi connectivity index (χ2v) is 2.80. The van der Waals surface area contributed by atoms with Crippen LogP contribution in [-0.2, 0) is 4.74 Å². The van der Waals surface area contributed by atoms with Crippen LogP contribution >= 0.6 is 0 Å². The average molecular weight is 202 g/mol. The Bertz CT molecular complexity index is 208. The Balaban J connectivity index is 3.90. The van der Waals surface area contributed by atoms with Crippen molar-refractivity contribution in [3.63, 3.8) is 0 Å². The fraction of sp³-hybridized carbons (Fsp3) is 0.600. The number of rotatable bonds is 6. The highest BCUT2D eigenvalue weighted by molar-refractivity contribution is 4.95. The van der Waals surface area contributed by atoms with Crippen LogP contribution in [0.25, 0.3) is 0 Å². The van der Waals surface area contributed by atoms with Crippen LogP contribution in [-0.4, -0.2) is 28.2 Å². The second-order valence-electron chi connectivity index (χ2n) is 2.80. The van der Waals surface area contributed by atoms with Crippen molar-refractivity contribution in [2.75, 3.05) is 6.61 Å². The van der Waals surface area contributed by atoms with Crippen LogP contribution in [0.2, 0.25) is 0 Å². The summed E-state index contributed by atoms with van der Waals surface area (Å²) in [5.41, 5.74) is 0. The maximum atomic E-state index is 9.19. The summed E-state index contributed by atoms with van der Waals surface area (Å²) >= 11 is 0. The zero-order valence-electron chi connectivity index (χ0n) is 8.60. The molecule has 14 heavy (non-hydrogen) atoms. The summed E-state index contributed by atoms with van der Waals surface area (Å²) in [5, 5.41) is 27.5. The lowest BCUT2D eigenvalue weighted by molar-refractivity contribution is -0.0918. The van der Waals surface area contributed by atoms with Crippen molar-refractivity contribution in [3.8, 4) is 0 Å². The SMILES string of the molecule is CCC=C(O)COC(O)C(O)=CCC. The number of hydrogen-bond acceptors (Lipinski definition) is 4. The molecule has 0 fully saturated rings. The molecule has 0 saturated carbocycles. The Labute approximate surface area is 84.1 Å². The van der Waals surface area contributed by atoms with E-state index < -0.39 is 6.29 Å². The Morgan fingerprint density at radius 2 is 1.79 bits per heavy atom. The third-order valence-electron chi connectivity index (χ3n) is 1.50. The molecular formula is C10H18O4. The van der Waals surface area contributed by atoms with Gasteiger partial charge in [-0.05, 0) is 25.0 Å². The van der Waals surface area contributed by atoms with Gasteiger partial charge in [0.05, 0.1) is 0 Å². The Kier molecular flexibility index (Phi) is 6.88. The molecule has 0 aliphatic heterocycles. The van der Waals surface area contributed by atoms with E-state index in [2.05, 4.69) is 0 Å². The lowest BCUT2D eigenvalue weighted by Gasteiger charge is -2.10. The molecule has 82 valence electrons. The number of allylic oxidation sites excluding steroid dienone is 2. The van der Waals surface area contributed by atoms with E-state index in [0.29, 0.717) is 12.8 Å². The third-order valence-corrected chi connectivity index (χ3v) is 1.50. The second kappa shape index (κ2) is 7.41. The maximum Gasteiger partial charge on any atom is 0.213 e. The van der Waals surface area contributed by atoms with Gasteiger partial charge < -0.3 is 20.1 Å². The minimum atomic E-state index is -1.36. The fourth-order valence-corrected chi connectivity index (χ4v) is 0.854. The number of hydrogen-bond donors (Lipinski definition) is 3. The number of ether oxygens (including phenoxy) is 1. The van der Waals surface area contributed by atoms with Crippen molar-refractivity contribution >= 4 is 0 Å². The molecule has 0 heterocycles. The molecule has 0 aromatic rings. The van der Waals surface area contributed by atoms with E-state index in [4.69, 9.17) is 14.9 Å². The molecule has 4 heteroatoms. The topological polar surface area (TPSA) is 69.9 Å². The quantitative estimate of drug-likeness (QED) is 0.455. The van der Waals surface area contributed by atoms with Crippen molar-refractivity contribution in [2.45, 2.75) is 33.0 Å². The van der Waals surface area contributed by atoms with Gasteiger partial charge in [-0.1, -0.05) is 13.8 Å². The first-order valence-corrected chi connectivity index (χ1v) is 4.68. The van der Waals surface area contributed by atoms with E-state index in [9.17, 15) is 5.11 Å². The molecule has 0 aromatic carbocycles. The largest absolute Gasteiger partial charge is 0.510 e. The van der Waals surface area contributed by atoms with E-state index in [1.807, 2.05) is 13.8 Å². The van der Waals surface area contributed by atoms with Crippen LogP contribution in [0, 0.1) is 0 Å². The van der Waals surface area contributed by atoms with Gasteiger partial charge in [0, 0.05) is 0 Å². The number of aliphatic hydroxyl groups is 3. The van der Waals surface area contributed by atoms with Crippen LogP contribution in [0.3, 0.4) is 0 Å². The standard InChI is InChI=1S/C10H18O4/c1-3-5-8(11)7-14-10(13)9(12)6-4-2/h5-6,10-13H,3-4,7H2,1-2H3. The third kappa shape index (κ3) is 5.61. The first-order chi connectivity index (χ1) is 6.61. The highest BCUT2D eigenvalue weighted by atomic mass is 16.6. The molecule has 0 aromatic heterocycles. The van der Waals surface area contributed by atoms with E-state index >= 15 is 0 Å². The van der Waals surface area contributed by atoms with E-state index in [-0.39, 0.29) is 18.1 Å². The summed E-state index contributed by atoms with van der Waals surface area (Å²) in [6, 6.07) is 0. The molecule has 1 atom stereocenters. The predicted octanol–water partition coefficient (Wildman–Crippen LogP) is 2.03. The molecule has 0 amide bonds. The predicted molar refractivity (Wildman–Crippen MR) is 54.0 cm³/mol. The van der Waals surface area contributed by atoms with Crippen LogP contribution < -0.4 is 0 Å². The average Bonchev–Trinajstić information content (AvgIpc) is 2.15. The summed E-state index contributed by atoms with van der Waals surface area (Å²) in [5.74, 6) is -0.173. The van der Waals surface area contributed by atoms with E-state index in [0.717, 1.165) is 0 Å². The van der Waals surface area contributed by atoms with Crippen LogP contribution in [0.15, 0.2) is 23.7 Å². The summed E-state index contributed by atoms with van der Waals surface area (Å²) in [6.07, 6.45) is 2.98. The van der Waals surface area contributed by atoms with Gasteiger partial charge in [-0.25, -0.2) is 0 Å². The normalized spacial score (nSPS) is 15.6. The maximum absolute atomic E-state index is 9.19. The monoisotopic (exact) mass is 202 g/mol. The lowest BCUT2D eigenvalue weighted by atomic mass is 10.3. The summed E-state index contributed by atoms with van der Waals surface area (Å²) in [7, 11) is 0. The smallest absolute Gasteiger partial charge is 0.213 e. The molecule has 4 nitrogen and oxygen atoms in total. The van der Waals surface area contributed by atoms with Gasteiger partial charge in [-0.3, -0.25) is 0 Å². The van der Waals surface area contributed by atoms with Crippen LogP contribution in [0.1, 0.15) is 26.7 Å². The van der Waals surface area contributed by atoms with Crippen molar-refractivity contribution in [1.29, 1.82) is 0 Å². The van der Waals surface area contributed by atoms with Gasteiger partial charge in [-0.15, -0.1) is 0 Å². The molecule has 0 aliphatic rings. The Morgan fingerprint density at radius 1 is 1.21 bits per heavy atom. The van der Waals surface area contributed by atoms with Gasteiger partial charge >= 0.3 is 0 Å². The number of aliphatic hydroxyl groups excluding tert-OH is 3. The highest BCUT2D eigenvalue weighted by Crippen LogP contribution is 2.03. The molecule has 3 N–H and O–H groups in total. The molecule has 0 bridgehead atoms. The van der Waals surface area contributed by atoms with Crippen molar-refractivity contribution in [2.24, 2.45) is 0 Å². The van der Waals surface area contributed by atoms with Gasteiger partial charge in [-0.2, -0.15) is 0 Å². The van der Waals surface area contributed by atoms with Gasteiger partial charge in [0.2, 0.25) is 6.29 Å². The molecule has 0 rings (SSSR count). The Morgan fingerprint density at radius 3 is 2.29 bits per heavy atom. The minimum absolute atomic E-state index is 0.0517. The lowest BCUT2D eigenvalue weighted by Crippen LogP contribution is -2.16. The first-order valence-electron chi connectivity index (χ1n) is 4.68. The van der Waals surface area contributed by atoms with Crippen molar-refractivity contribution < 1.29 is 20.1 Å². The van der Waals surface area contributed by atoms with Gasteiger partial charge in [0.25, 0.3) is 0 Å². The van der Waals surface area contributed by atoms with Crippen LogP contribution in [0.5, 0.6) is 0 Å².